The number of hydrogen-bond donors (Lipinski definition) is 15. The van der Waals surface area contributed by atoms with Gasteiger partial charge < -0.3 is 75.4 Å². The van der Waals surface area contributed by atoms with Gasteiger partial charge in [0.1, 0.15) is 27.6 Å². The highest BCUT2D eigenvalue weighted by Gasteiger charge is 2.36. The smallest absolute Gasteiger partial charge is 0.275 e. The number of rotatable bonds is 25. The molecule has 36 heteroatoms. The van der Waals surface area contributed by atoms with Crippen molar-refractivity contribution in [2.45, 2.75) is 93.3 Å². The van der Waals surface area contributed by atoms with Crippen LogP contribution in [0.1, 0.15) is 48.1 Å². The van der Waals surface area contributed by atoms with E-state index in [0.29, 0.717) is 122 Å². The minimum absolute atomic E-state index is 0.147. The molecule has 5 aliphatic rings. The predicted molar refractivity (Wildman–Crippen MR) is 456 cm³/mol. The van der Waals surface area contributed by atoms with E-state index >= 15 is 0 Å². The Morgan fingerprint density at radius 1 is 0.368 bits per heavy atom. The number of aromatic nitrogens is 15. The van der Waals surface area contributed by atoms with Gasteiger partial charge >= 0.3 is 0 Å². The van der Waals surface area contributed by atoms with E-state index in [2.05, 4.69) is 131 Å². The molecule has 0 unspecified atom stereocenters. The molecule has 0 bridgehead atoms. The summed E-state index contributed by atoms with van der Waals surface area (Å²) in [6, 6.07) is 18.0. The van der Waals surface area contributed by atoms with Crippen molar-refractivity contribution in [2.24, 2.45) is 29.6 Å². The SMILES string of the molecule is CCCSC[C@H]1CN(Cc2c[nH]c3c(=O)[nH]cnc23)C[C@@H]1O.CCSC[C@H]1CN(Cc2c[nH]c3c(=O)[nH]cnc23)C[C@@H]1O.CSC[C@H]1CN(Cc2c[nH]c3c(=O)[nH]cnc23)C[C@@H]1O.O=c1[nH]cnc2c(CN3C[C@H](CSc4ccc(Cl)cc4)[C@@H](O)C3)c[nH]c12.O=c1[nH]cnc2c(CN3C[C@H](CSc4ccccc4)[C@@H](O)C3)c[nH]c12. The van der Waals surface area contributed by atoms with Crippen LogP contribution in [0.4, 0.5) is 0 Å². The number of nitrogens with zero attached hydrogens (tertiary/aromatic N) is 10. The van der Waals surface area contributed by atoms with Crippen LogP contribution in [0.15, 0.2) is 151 Å². The molecule has 0 aliphatic carbocycles. The molecule has 5 saturated heterocycles. The normalized spacial score (nSPS) is 22.2. The van der Waals surface area contributed by atoms with E-state index in [9.17, 15) is 49.5 Å². The highest BCUT2D eigenvalue weighted by molar-refractivity contribution is 8.00. The fourth-order valence-corrected chi connectivity index (χ4v) is 20.3. The van der Waals surface area contributed by atoms with Gasteiger partial charge in [0.25, 0.3) is 27.8 Å². The Kier molecular flexibility index (Phi) is 29.8. The molecule has 15 heterocycles. The number of aliphatic hydroxyl groups is 5. The van der Waals surface area contributed by atoms with E-state index in [-0.39, 0.29) is 70.2 Å². The Hall–Kier alpha value is -7.82. The second kappa shape index (κ2) is 40.4. The largest absolute Gasteiger partial charge is 0.391 e. The Labute approximate surface area is 682 Å². The van der Waals surface area contributed by atoms with Crippen molar-refractivity contribution >= 4 is 126 Å². The second-order valence-corrected chi connectivity index (χ2v) is 35.5. The summed E-state index contributed by atoms with van der Waals surface area (Å²) in [5.74, 6) is 8.40. The summed E-state index contributed by atoms with van der Waals surface area (Å²) in [6.45, 7) is 15.5. The number of H-pyrrole nitrogens is 10. The number of aromatic amines is 10. The molecular formula is C78H99ClN20O10S5. The van der Waals surface area contributed by atoms with E-state index in [0.717, 1.165) is 127 Å². The second-order valence-electron chi connectivity index (χ2n) is 29.5. The third-order valence-corrected chi connectivity index (χ3v) is 27.0. The maximum atomic E-state index is 11.8. The maximum Gasteiger partial charge on any atom is 0.275 e. The number of β-amino-alcohol motifs (C(OH)–C–C–N with tert-alkyl or cyclic N) is 5. The van der Waals surface area contributed by atoms with E-state index < -0.39 is 0 Å². The quantitative estimate of drug-likeness (QED) is 0.0208. The van der Waals surface area contributed by atoms with E-state index in [1.165, 1.54) is 43.0 Å². The molecule has 5 aliphatic heterocycles. The maximum absolute atomic E-state index is 11.8. The summed E-state index contributed by atoms with van der Waals surface area (Å²) in [4.78, 5) is 121. The first-order valence-electron chi connectivity index (χ1n) is 38.3. The topological polar surface area (TPSA) is 425 Å². The number of likely N-dealkylation sites (tertiary alicyclic amines) is 5. The Morgan fingerprint density at radius 2 is 0.649 bits per heavy atom. The van der Waals surface area contributed by atoms with Gasteiger partial charge in [-0.15, -0.1) is 23.5 Å². The van der Waals surface area contributed by atoms with Crippen LogP contribution in [0, 0.1) is 29.6 Å². The number of thioether (sulfide) groups is 5. The molecule has 2 aromatic carbocycles. The van der Waals surface area contributed by atoms with Gasteiger partial charge in [-0.05, 0) is 77.8 Å². The number of fused-ring (bicyclic) bond motifs is 5. The third kappa shape index (κ3) is 21.5. The summed E-state index contributed by atoms with van der Waals surface area (Å²) in [5.41, 5.74) is 10.3. The van der Waals surface area contributed by atoms with Crippen molar-refractivity contribution < 1.29 is 25.5 Å². The number of halogens is 1. The van der Waals surface area contributed by atoms with Crippen LogP contribution in [0.5, 0.6) is 0 Å². The van der Waals surface area contributed by atoms with Gasteiger partial charge in [-0.25, -0.2) is 24.9 Å². The monoisotopic (exact) mass is 1670 g/mol. The summed E-state index contributed by atoms with van der Waals surface area (Å²) in [7, 11) is 0. The lowest BCUT2D eigenvalue weighted by molar-refractivity contribution is 0.149. The number of nitrogens with one attached hydrogen (secondary N) is 10. The van der Waals surface area contributed by atoms with Crippen LogP contribution in [0.3, 0.4) is 0 Å². The van der Waals surface area contributed by atoms with Crippen LogP contribution in [0.2, 0.25) is 5.02 Å². The zero-order chi connectivity index (χ0) is 79.8. The highest BCUT2D eigenvalue weighted by Crippen LogP contribution is 2.33. The average Bonchev–Trinajstić information content (AvgIpc) is 1.67. The van der Waals surface area contributed by atoms with Crippen LogP contribution in [-0.2, 0) is 32.7 Å². The Morgan fingerprint density at radius 3 is 0.939 bits per heavy atom. The molecule has 0 amide bonds. The van der Waals surface area contributed by atoms with Gasteiger partial charge in [0, 0.05) is 213 Å². The van der Waals surface area contributed by atoms with E-state index in [1.54, 1.807) is 35.3 Å². The first kappa shape index (κ1) is 84.1. The molecule has 0 spiro atoms. The molecule has 608 valence electrons. The lowest BCUT2D eigenvalue weighted by Gasteiger charge is -2.15. The van der Waals surface area contributed by atoms with E-state index in [1.807, 2.05) is 97.0 Å². The Balaban J connectivity index is 0.000000125. The summed E-state index contributed by atoms with van der Waals surface area (Å²) < 4.78 is 0. The summed E-state index contributed by atoms with van der Waals surface area (Å²) in [5, 5.41) is 51.9. The molecule has 15 N–H and O–H groups in total. The highest BCUT2D eigenvalue weighted by atomic mass is 35.5. The molecule has 17 rings (SSSR count). The standard InChI is InChI=1S/C18H19ClN4O2S.C18H20N4O2S.C15H22N4O2S.C14H20N4O2S.C13H18N4O2S/c19-13-1-3-14(4-2-13)26-9-12-7-23(8-15(12)24)6-11-5-20-17-16(11)21-10-22-18(17)25;23-15-9-22(8-13(15)10-25-14-4-2-1-3-5-14)7-12-6-19-17-16(12)20-11-21-18(17)24;1-2-3-22-8-11-6-19(7-12(11)20)5-10-4-16-14-13(10)17-9-18-15(14)21;1-2-21-7-10-5-18(6-11(10)19)4-9-3-15-13-12(9)16-8-17-14(13)20;1-20-6-9-4-17(5-10(9)18)3-8-2-14-12-11(8)15-7-16-13(12)19/h1-5,10,12,15,20,24H,6-9H2,(H,21,22,25);1-6,11,13,15,19,23H,7-10H2,(H,20,21,24);4,9,11-12,16,20H,2-3,5-8H2,1H3,(H,17,18,21);3,8,10-11,15,19H,2,4-7H2,1H3,(H,16,17,20);2,7,9-10,14,18H,3-6H2,1H3,(H,15,16,19)/t12-,15+;13-,15+;11-,12+;10-,11+;9-,10+/m11111/s1. The average molecular weight is 1670 g/mol. The van der Waals surface area contributed by atoms with Crippen molar-refractivity contribution in [3.63, 3.8) is 0 Å². The van der Waals surface area contributed by atoms with Gasteiger partial charge in [0.15, 0.2) is 0 Å². The van der Waals surface area contributed by atoms with E-state index in [4.69, 9.17) is 11.6 Å². The van der Waals surface area contributed by atoms with Crippen molar-refractivity contribution in [3.05, 3.63) is 202 Å². The minimum Gasteiger partial charge on any atom is -0.391 e. The van der Waals surface area contributed by atoms with Crippen LogP contribution in [0.25, 0.3) is 55.2 Å². The fourth-order valence-electron chi connectivity index (χ4n) is 15.3. The molecule has 114 heavy (non-hydrogen) atoms. The molecule has 10 aromatic heterocycles. The van der Waals surface area contributed by atoms with Gasteiger partial charge in [0.2, 0.25) is 0 Å². The lowest BCUT2D eigenvalue weighted by atomic mass is 10.1. The fraction of sp³-hybridized carbons (Fsp3) is 0.462. The molecule has 0 radical (unpaired) electrons. The number of benzene rings is 2. The predicted octanol–water partition coefficient (Wildman–Crippen LogP) is 6.72. The van der Waals surface area contributed by atoms with Crippen molar-refractivity contribution in [2.75, 3.05) is 112 Å². The van der Waals surface area contributed by atoms with Crippen molar-refractivity contribution in [1.29, 1.82) is 0 Å². The van der Waals surface area contributed by atoms with Gasteiger partial charge in [0.05, 0.1) is 89.7 Å². The van der Waals surface area contributed by atoms with Gasteiger partial charge in [-0.1, -0.05) is 43.6 Å². The molecule has 30 nitrogen and oxygen atoms in total. The van der Waals surface area contributed by atoms with Crippen LogP contribution >= 0.6 is 70.4 Å². The van der Waals surface area contributed by atoms with Gasteiger partial charge in [-0.2, -0.15) is 35.3 Å². The minimum atomic E-state index is -0.351. The zero-order valence-electron chi connectivity index (χ0n) is 63.7. The van der Waals surface area contributed by atoms with Crippen molar-refractivity contribution in [1.82, 2.24) is 99.3 Å². The van der Waals surface area contributed by atoms with Crippen molar-refractivity contribution in [3.8, 4) is 0 Å². The first-order valence-corrected chi connectivity index (χ1v) is 44.3. The first-order chi connectivity index (χ1) is 55.4. The zero-order valence-corrected chi connectivity index (χ0v) is 68.5. The lowest BCUT2D eigenvalue weighted by Crippen LogP contribution is -2.21. The molecule has 5 fully saturated rings. The van der Waals surface area contributed by atoms with Gasteiger partial charge in [-0.3, -0.25) is 48.5 Å². The molecule has 0 saturated carbocycles. The molecule has 12 aromatic rings. The Bertz CT molecular complexity index is 5390. The number of aliphatic hydroxyl groups excluding tert-OH is 5. The molecule has 10 atom stereocenters. The molecular weight excluding hydrogens is 1570 g/mol. The third-order valence-electron chi connectivity index (χ3n) is 21.2. The number of hydrogen-bond acceptors (Lipinski definition) is 25. The van der Waals surface area contributed by atoms with Crippen LogP contribution in [-0.4, -0.2) is 267 Å². The van der Waals surface area contributed by atoms with Crippen LogP contribution < -0.4 is 27.8 Å². The summed E-state index contributed by atoms with van der Waals surface area (Å²) in [6.07, 6.45) is 18.1. The summed E-state index contributed by atoms with van der Waals surface area (Å²) >= 11 is 15.0.